The van der Waals surface area contributed by atoms with Gasteiger partial charge >= 0.3 is 0 Å². The van der Waals surface area contributed by atoms with Gasteiger partial charge in [0.2, 0.25) is 5.79 Å². The lowest BCUT2D eigenvalue weighted by Gasteiger charge is -2.63. The third kappa shape index (κ3) is 1.80. The molecule has 3 unspecified atom stereocenters. The molecule has 0 aliphatic carbocycles. The van der Waals surface area contributed by atoms with E-state index < -0.39 is 11.9 Å². The first kappa shape index (κ1) is 14.6. The van der Waals surface area contributed by atoms with Crippen LogP contribution in [0.3, 0.4) is 0 Å². The van der Waals surface area contributed by atoms with Crippen molar-refractivity contribution in [2.24, 2.45) is 17.8 Å². The van der Waals surface area contributed by atoms with Crippen LogP contribution in [0.5, 0.6) is 0 Å². The summed E-state index contributed by atoms with van der Waals surface area (Å²) in [5.74, 6) is -0.189. The average Bonchev–Trinajstić information content (AvgIpc) is 2.78. The van der Waals surface area contributed by atoms with Crippen molar-refractivity contribution in [3.05, 3.63) is 48.2 Å². The maximum atomic E-state index is 10.8. The molecule has 3 nitrogen and oxygen atoms in total. The minimum absolute atomic E-state index is 0.0696. The number of hydrogen-bond acceptors (Lipinski definition) is 3. The average molecular weight is 288 g/mol. The van der Waals surface area contributed by atoms with E-state index in [9.17, 15) is 5.11 Å². The largest absolute Gasteiger partial charge is 0.466 e. The maximum absolute atomic E-state index is 10.8. The van der Waals surface area contributed by atoms with Crippen LogP contribution in [0.15, 0.2) is 42.7 Å². The van der Waals surface area contributed by atoms with Crippen molar-refractivity contribution in [2.45, 2.75) is 45.2 Å². The van der Waals surface area contributed by atoms with E-state index in [1.54, 1.807) is 6.26 Å². The van der Waals surface area contributed by atoms with Crippen LogP contribution < -0.4 is 0 Å². The second-order valence-corrected chi connectivity index (χ2v) is 6.72. The lowest BCUT2D eigenvalue weighted by molar-refractivity contribution is -0.439. The molecule has 1 saturated heterocycles. The summed E-state index contributed by atoms with van der Waals surface area (Å²) in [6.07, 6.45) is 2.95. The fraction of sp³-hybridized carbons (Fsp3) is 0.556. The van der Waals surface area contributed by atoms with E-state index in [0.29, 0.717) is 11.8 Å². The maximum Gasteiger partial charge on any atom is 0.249 e. The highest BCUT2D eigenvalue weighted by Crippen LogP contribution is 2.62. The standard InChI is InChI=1S/C18H24O3/c1-12(2)17(13(3)4)15-10-11-20-18(15,21-17)16(19)14-8-6-5-7-9-14/h5-13,15-16,19H,1-4H3. The zero-order chi connectivity index (χ0) is 15.3. The van der Waals surface area contributed by atoms with Crippen molar-refractivity contribution >= 4 is 0 Å². The van der Waals surface area contributed by atoms with Crippen molar-refractivity contribution in [2.75, 3.05) is 0 Å². The van der Waals surface area contributed by atoms with Crippen LogP contribution >= 0.6 is 0 Å². The SMILES string of the molecule is CC(C)C1(C(C)C)OC2(C(O)c3ccccc3)OC=CC21. The van der Waals surface area contributed by atoms with Gasteiger partial charge in [0.1, 0.15) is 6.10 Å². The zero-order valence-corrected chi connectivity index (χ0v) is 13.1. The highest BCUT2D eigenvalue weighted by atomic mass is 16.7. The van der Waals surface area contributed by atoms with Crippen LogP contribution in [0.1, 0.15) is 39.4 Å². The van der Waals surface area contributed by atoms with Crippen molar-refractivity contribution in [1.29, 1.82) is 0 Å². The van der Waals surface area contributed by atoms with Crippen molar-refractivity contribution in [1.82, 2.24) is 0 Å². The number of benzene rings is 1. The molecule has 1 N–H and O–H groups in total. The summed E-state index contributed by atoms with van der Waals surface area (Å²) in [7, 11) is 0. The highest BCUT2D eigenvalue weighted by molar-refractivity contribution is 5.28. The first-order valence-corrected chi connectivity index (χ1v) is 7.73. The molecule has 0 spiro atoms. The predicted octanol–water partition coefficient (Wildman–Crippen LogP) is 3.66. The molecule has 114 valence electrons. The van der Waals surface area contributed by atoms with Gasteiger partial charge in [0.05, 0.1) is 17.8 Å². The van der Waals surface area contributed by atoms with Gasteiger partial charge in [0.15, 0.2) is 0 Å². The highest BCUT2D eigenvalue weighted by Gasteiger charge is 2.72. The third-order valence-electron chi connectivity index (χ3n) is 5.08. The van der Waals surface area contributed by atoms with E-state index in [1.807, 2.05) is 30.3 Å². The Morgan fingerprint density at radius 2 is 1.67 bits per heavy atom. The summed E-state index contributed by atoms with van der Waals surface area (Å²) < 4.78 is 12.1. The van der Waals surface area contributed by atoms with Crippen molar-refractivity contribution in [3.8, 4) is 0 Å². The Morgan fingerprint density at radius 3 is 2.24 bits per heavy atom. The molecular formula is C18H24O3. The smallest absolute Gasteiger partial charge is 0.249 e. The van der Waals surface area contributed by atoms with Crippen LogP contribution in [0.2, 0.25) is 0 Å². The van der Waals surface area contributed by atoms with E-state index in [-0.39, 0.29) is 11.5 Å². The Labute approximate surface area is 126 Å². The van der Waals surface area contributed by atoms with Gasteiger partial charge in [-0.25, -0.2) is 0 Å². The lowest BCUT2D eigenvalue weighted by Crippen LogP contribution is -2.73. The molecule has 0 saturated carbocycles. The minimum atomic E-state index is -0.962. The van der Waals surface area contributed by atoms with Gasteiger partial charge < -0.3 is 14.6 Å². The van der Waals surface area contributed by atoms with Crippen LogP contribution in [-0.2, 0) is 9.47 Å². The fourth-order valence-corrected chi connectivity index (χ4v) is 4.04. The summed E-state index contributed by atoms with van der Waals surface area (Å²) in [4.78, 5) is 0. The van der Waals surface area contributed by atoms with Gasteiger partial charge in [-0.2, -0.15) is 0 Å². The zero-order valence-electron chi connectivity index (χ0n) is 13.1. The van der Waals surface area contributed by atoms with Crippen LogP contribution in [-0.4, -0.2) is 16.5 Å². The number of rotatable bonds is 4. The molecule has 0 aromatic heterocycles. The van der Waals surface area contributed by atoms with Crippen LogP contribution in [0.25, 0.3) is 0 Å². The molecule has 2 heterocycles. The molecule has 3 heteroatoms. The number of aliphatic hydroxyl groups excluding tert-OH is 1. The molecule has 1 aromatic rings. The quantitative estimate of drug-likeness (QED) is 0.919. The van der Waals surface area contributed by atoms with Crippen LogP contribution in [0.4, 0.5) is 0 Å². The molecule has 3 atom stereocenters. The molecule has 2 aliphatic rings. The molecule has 3 rings (SSSR count). The fourth-order valence-electron chi connectivity index (χ4n) is 4.04. The van der Waals surface area contributed by atoms with E-state index in [1.165, 1.54) is 0 Å². The lowest BCUT2D eigenvalue weighted by atomic mass is 9.61. The van der Waals surface area contributed by atoms with Crippen molar-refractivity contribution in [3.63, 3.8) is 0 Å². The van der Waals surface area contributed by atoms with E-state index in [0.717, 1.165) is 5.56 Å². The molecule has 1 fully saturated rings. The Kier molecular flexibility index (Phi) is 3.38. The Bertz CT molecular complexity index is 527. The Morgan fingerprint density at radius 1 is 1.05 bits per heavy atom. The topological polar surface area (TPSA) is 38.7 Å². The Hall–Kier alpha value is -1.32. The molecular weight excluding hydrogens is 264 g/mol. The number of aliphatic hydroxyl groups is 1. The molecule has 21 heavy (non-hydrogen) atoms. The van der Waals surface area contributed by atoms with Crippen molar-refractivity contribution < 1.29 is 14.6 Å². The summed E-state index contributed by atoms with van der Waals surface area (Å²) in [6.45, 7) is 8.69. The van der Waals surface area contributed by atoms with Crippen LogP contribution in [0, 0.1) is 17.8 Å². The molecule has 1 aromatic carbocycles. The van der Waals surface area contributed by atoms with Gasteiger partial charge in [0.25, 0.3) is 0 Å². The third-order valence-corrected chi connectivity index (χ3v) is 5.08. The van der Waals surface area contributed by atoms with E-state index in [2.05, 4.69) is 33.8 Å². The molecule has 0 amide bonds. The first-order chi connectivity index (χ1) is 9.95. The van der Waals surface area contributed by atoms with Gasteiger partial charge in [-0.1, -0.05) is 58.0 Å². The number of fused-ring (bicyclic) bond motifs is 1. The number of ether oxygens (including phenoxy) is 2. The minimum Gasteiger partial charge on any atom is -0.466 e. The predicted molar refractivity (Wildman–Crippen MR) is 81.3 cm³/mol. The summed E-state index contributed by atoms with van der Waals surface area (Å²) in [5.41, 5.74) is 0.551. The Balaban J connectivity index is 1.94. The first-order valence-electron chi connectivity index (χ1n) is 7.73. The van der Waals surface area contributed by atoms with Gasteiger partial charge in [-0.15, -0.1) is 0 Å². The van der Waals surface area contributed by atoms with E-state index >= 15 is 0 Å². The summed E-state index contributed by atoms with van der Waals surface area (Å²) in [6, 6.07) is 9.60. The molecule has 0 bridgehead atoms. The molecule has 2 aliphatic heterocycles. The van der Waals surface area contributed by atoms with Gasteiger partial charge in [-0.05, 0) is 23.5 Å². The normalized spacial score (nSPS) is 30.9. The van der Waals surface area contributed by atoms with Gasteiger partial charge in [-0.3, -0.25) is 0 Å². The van der Waals surface area contributed by atoms with E-state index in [4.69, 9.17) is 9.47 Å². The second-order valence-electron chi connectivity index (χ2n) is 6.72. The second kappa shape index (κ2) is 4.85. The number of hydrogen-bond donors (Lipinski definition) is 1. The summed E-state index contributed by atoms with van der Waals surface area (Å²) in [5, 5.41) is 10.8. The monoisotopic (exact) mass is 288 g/mol. The molecule has 0 radical (unpaired) electrons. The summed E-state index contributed by atoms with van der Waals surface area (Å²) >= 11 is 0. The van der Waals surface area contributed by atoms with Gasteiger partial charge in [0, 0.05) is 0 Å².